The molecule has 1 aromatic rings. The van der Waals surface area contributed by atoms with E-state index in [1.165, 1.54) is 0 Å². The Morgan fingerprint density at radius 3 is 2.88 bits per heavy atom. The minimum atomic E-state index is -0.305. The number of hydrogen-bond donors (Lipinski definition) is 2. The summed E-state index contributed by atoms with van der Waals surface area (Å²) in [6.07, 6.45) is 3.29. The summed E-state index contributed by atoms with van der Waals surface area (Å²) in [7, 11) is 0. The number of ether oxygens (including phenoxy) is 1. The van der Waals surface area contributed by atoms with Crippen LogP contribution in [0, 0.1) is 6.92 Å². The second-order valence-corrected chi connectivity index (χ2v) is 4.29. The van der Waals surface area contributed by atoms with Crippen LogP contribution in [-0.2, 0) is 4.74 Å². The van der Waals surface area contributed by atoms with E-state index in [1.54, 1.807) is 6.20 Å². The van der Waals surface area contributed by atoms with Gasteiger partial charge in [0.05, 0.1) is 18.3 Å². The average Bonchev–Trinajstić information content (AvgIpc) is 2.30. The molecule has 0 unspecified atom stereocenters. The van der Waals surface area contributed by atoms with Crippen LogP contribution in [0.5, 0.6) is 0 Å². The van der Waals surface area contributed by atoms with E-state index in [0.29, 0.717) is 13.2 Å². The van der Waals surface area contributed by atoms with Gasteiger partial charge in [-0.15, -0.1) is 5.10 Å². The molecule has 1 saturated heterocycles. The largest absolute Gasteiger partial charge is 0.394 e. The van der Waals surface area contributed by atoms with Gasteiger partial charge in [0, 0.05) is 13.2 Å². The van der Waals surface area contributed by atoms with Gasteiger partial charge in [0.25, 0.3) is 0 Å². The lowest BCUT2D eigenvalue weighted by molar-refractivity contribution is 0.0378. The molecule has 88 valence electrons. The molecule has 0 radical (unpaired) electrons. The highest BCUT2D eigenvalue weighted by molar-refractivity contribution is 5.38. The van der Waals surface area contributed by atoms with Crippen LogP contribution in [0.2, 0.25) is 0 Å². The fourth-order valence-corrected chi connectivity index (χ4v) is 1.88. The van der Waals surface area contributed by atoms with Crippen LogP contribution in [0.25, 0.3) is 0 Å². The van der Waals surface area contributed by atoms with Gasteiger partial charge in [-0.25, -0.2) is 0 Å². The molecule has 16 heavy (non-hydrogen) atoms. The fourth-order valence-electron chi connectivity index (χ4n) is 1.88. The molecule has 1 aromatic heterocycles. The zero-order valence-corrected chi connectivity index (χ0v) is 9.44. The second kappa shape index (κ2) is 4.76. The van der Waals surface area contributed by atoms with Crippen molar-refractivity contribution in [2.24, 2.45) is 0 Å². The summed E-state index contributed by atoms with van der Waals surface area (Å²) in [4.78, 5) is 0. The molecule has 0 aromatic carbocycles. The summed E-state index contributed by atoms with van der Waals surface area (Å²) < 4.78 is 5.30. The van der Waals surface area contributed by atoms with Crippen LogP contribution in [0.1, 0.15) is 18.4 Å². The van der Waals surface area contributed by atoms with Gasteiger partial charge in [-0.2, -0.15) is 5.10 Å². The molecule has 0 spiro atoms. The van der Waals surface area contributed by atoms with Crippen molar-refractivity contribution in [2.75, 3.05) is 25.1 Å². The smallest absolute Gasteiger partial charge is 0.149 e. The van der Waals surface area contributed by atoms with Gasteiger partial charge in [0.2, 0.25) is 0 Å². The van der Waals surface area contributed by atoms with E-state index in [1.807, 2.05) is 13.0 Å². The van der Waals surface area contributed by atoms with Crippen LogP contribution in [0.3, 0.4) is 0 Å². The van der Waals surface area contributed by atoms with Gasteiger partial charge in [-0.05, 0) is 31.4 Å². The highest BCUT2D eigenvalue weighted by atomic mass is 16.5. The van der Waals surface area contributed by atoms with Crippen molar-refractivity contribution in [2.45, 2.75) is 25.3 Å². The Morgan fingerprint density at radius 1 is 1.50 bits per heavy atom. The molecular weight excluding hydrogens is 206 g/mol. The Balaban J connectivity index is 2.11. The number of aromatic nitrogens is 2. The van der Waals surface area contributed by atoms with Crippen LogP contribution in [0.4, 0.5) is 5.82 Å². The number of aliphatic hydroxyl groups is 1. The molecule has 0 saturated carbocycles. The quantitative estimate of drug-likeness (QED) is 0.791. The first-order valence-electron chi connectivity index (χ1n) is 5.50. The van der Waals surface area contributed by atoms with Gasteiger partial charge in [-0.1, -0.05) is 0 Å². The highest BCUT2D eigenvalue weighted by Crippen LogP contribution is 2.24. The molecule has 1 aliphatic heterocycles. The molecule has 0 atom stereocenters. The molecule has 0 aliphatic carbocycles. The maximum absolute atomic E-state index is 9.51. The Hall–Kier alpha value is -1.20. The van der Waals surface area contributed by atoms with Crippen LogP contribution in [-0.4, -0.2) is 40.7 Å². The van der Waals surface area contributed by atoms with Crippen molar-refractivity contribution >= 4 is 5.82 Å². The SMILES string of the molecule is Cc1cnnc(NC2(CO)CCOCC2)c1. The lowest BCUT2D eigenvalue weighted by Crippen LogP contribution is -2.47. The van der Waals surface area contributed by atoms with E-state index in [-0.39, 0.29) is 12.1 Å². The van der Waals surface area contributed by atoms with Crippen molar-refractivity contribution in [3.05, 3.63) is 17.8 Å². The first kappa shape index (κ1) is 11.3. The predicted molar refractivity (Wildman–Crippen MR) is 60.3 cm³/mol. The standard InChI is InChI=1S/C11H17N3O2/c1-9-6-10(14-12-7-9)13-11(8-15)2-4-16-5-3-11/h6-7,15H,2-5,8H2,1H3,(H,13,14). The molecule has 0 amide bonds. The van der Waals surface area contributed by atoms with E-state index in [2.05, 4.69) is 15.5 Å². The Bertz CT molecular complexity index is 351. The lowest BCUT2D eigenvalue weighted by atomic mass is 9.91. The van der Waals surface area contributed by atoms with E-state index in [9.17, 15) is 5.11 Å². The van der Waals surface area contributed by atoms with Crippen LogP contribution < -0.4 is 5.32 Å². The number of aryl methyl sites for hydroxylation is 1. The number of hydrogen-bond acceptors (Lipinski definition) is 5. The van der Waals surface area contributed by atoms with Crippen molar-refractivity contribution in [1.82, 2.24) is 10.2 Å². The molecular formula is C11H17N3O2. The molecule has 2 rings (SSSR count). The summed E-state index contributed by atoms with van der Waals surface area (Å²) in [6, 6.07) is 1.93. The minimum Gasteiger partial charge on any atom is -0.394 e. The first-order valence-corrected chi connectivity index (χ1v) is 5.50. The molecule has 2 heterocycles. The van der Waals surface area contributed by atoms with Crippen molar-refractivity contribution in [3.8, 4) is 0 Å². The normalized spacial score (nSPS) is 19.4. The number of nitrogens with one attached hydrogen (secondary N) is 1. The van der Waals surface area contributed by atoms with Crippen LogP contribution in [0.15, 0.2) is 12.3 Å². The van der Waals surface area contributed by atoms with Crippen molar-refractivity contribution < 1.29 is 9.84 Å². The van der Waals surface area contributed by atoms with Crippen molar-refractivity contribution in [3.63, 3.8) is 0 Å². The molecule has 1 fully saturated rings. The van der Waals surface area contributed by atoms with E-state index < -0.39 is 0 Å². The van der Waals surface area contributed by atoms with Gasteiger partial charge >= 0.3 is 0 Å². The molecule has 2 N–H and O–H groups in total. The third-order valence-electron chi connectivity index (χ3n) is 2.94. The topological polar surface area (TPSA) is 67.3 Å². The minimum absolute atomic E-state index is 0.0893. The van der Waals surface area contributed by atoms with Gasteiger partial charge in [-0.3, -0.25) is 0 Å². The third-order valence-corrected chi connectivity index (χ3v) is 2.94. The molecule has 1 aliphatic rings. The second-order valence-electron chi connectivity index (χ2n) is 4.29. The van der Waals surface area contributed by atoms with Gasteiger partial charge in [0.1, 0.15) is 5.82 Å². The number of rotatable bonds is 3. The maximum atomic E-state index is 9.51. The number of aliphatic hydroxyl groups excluding tert-OH is 1. The monoisotopic (exact) mass is 223 g/mol. The Morgan fingerprint density at radius 2 is 2.25 bits per heavy atom. The molecule has 0 bridgehead atoms. The van der Waals surface area contributed by atoms with Gasteiger partial charge in [0.15, 0.2) is 0 Å². The third kappa shape index (κ3) is 2.48. The zero-order valence-electron chi connectivity index (χ0n) is 9.44. The predicted octanol–water partition coefficient (Wildman–Crippen LogP) is 0.738. The number of nitrogens with zero attached hydrogens (tertiary/aromatic N) is 2. The van der Waals surface area contributed by atoms with E-state index >= 15 is 0 Å². The summed E-state index contributed by atoms with van der Waals surface area (Å²) in [6.45, 7) is 3.40. The van der Waals surface area contributed by atoms with Crippen LogP contribution >= 0.6 is 0 Å². The highest BCUT2D eigenvalue weighted by Gasteiger charge is 2.32. The average molecular weight is 223 g/mol. The number of anilines is 1. The summed E-state index contributed by atoms with van der Waals surface area (Å²) in [5, 5.41) is 20.7. The Kier molecular flexibility index (Phi) is 3.36. The maximum Gasteiger partial charge on any atom is 0.149 e. The first-order chi connectivity index (χ1) is 7.74. The van der Waals surface area contributed by atoms with E-state index in [4.69, 9.17) is 4.74 Å². The molecule has 5 nitrogen and oxygen atoms in total. The Labute approximate surface area is 94.8 Å². The summed E-state index contributed by atoms with van der Waals surface area (Å²) in [5.74, 6) is 0.718. The van der Waals surface area contributed by atoms with Crippen molar-refractivity contribution in [1.29, 1.82) is 0 Å². The van der Waals surface area contributed by atoms with Gasteiger partial charge < -0.3 is 15.2 Å². The summed E-state index contributed by atoms with van der Waals surface area (Å²) in [5.41, 5.74) is 0.749. The zero-order chi connectivity index (χ0) is 11.4. The summed E-state index contributed by atoms with van der Waals surface area (Å²) >= 11 is 0. The molecule has 5 heteroatoms. The lowest BCUT2D eigenvalue weighted by Gasteiger charge is -2.36. The van der Waals surface area contributed by atoms with E-state index in [0.717, 1.165) is 24.2 Å². The fraction of sp³-hybridized carbons (Fsp3) is 0.636.